The lowest BCUT2D eigenvalue weighted by Gasteiger charge is -2.08. The molecule has 2 heterocycles. The van der Waals surface area contributed by atoms with Gasteiger partial charge in [-0.15, -0.1) is 11.3 Å². The molecule has 150 valence electrons. The molecular weight excluding hydrogens is 392 g/mol. The maximum Gasteiger partial charge on any atom is 0.214 e. The number of benzene rings is 2. The number of nitrogens with one attached hydrogen (secondary N) is 2. The fourth-order valence-corrected chi connectivity index (χ4v) is 3.83. The molecule has 2 aromatic carbocycles. The smallest absolute Gasteiger partial charge is 0.214 e. The standard InChI is InChI=1S/C24H22N4OS/c1-16-4-3-5-21(17(16)2)27-24-28-22(15-30-24)19-8-6-18(7-9-19)20-10-12-26-23(14-20)29-13-11-25/h3-12,14-15,25H,13H2,1-2H3,(H,27,28). The van der Waals surface area contributed by atoms with Crippen LogP contribution in [-0.4, -0.2) is 22.8 Å². The number of ether oxygens (including phenoxy) is 1. The molecule has 0 spiro atoms. The summed E-state index contributed by atoms with van der Waals surface area (Å²) in [5.74, 6) is 0.515. The Labute approximate surface area is 179 Å². The van der Waals surface area contributed by atoms with Crippen molar-refractivity contribution in [2.75, 3.05) is 11.9 Å². The Hall–Kier alpha value is -3.51. The number of aryl methyl sites for hydroxylation is 1. The summed E-state index contributed by atoms with van der Waals surface area (Å²) < 4.78 is 5.41. The molecule has 0 unspecified atom stereocenters. The van der Waals surface area contributed by atoms with Crippen molar-refractivity contribution >= 4 is 28.4 Å². The van der Waals surface area contributed by atoms with E-state index in [1.54, 1.807) is 17.5 Å². The number of hydrogen-bond acceptors (Lipinski definition) is 6. The van der Waals surface area contributed by atoms with E-state index in [0.29, 0.717) is 5.88 Å². The lowest BCUT2D eigenvalue weighted by atomic mass is 10.0. The van der Waals surface area contributed by atoms with Gasteiger partial charge in [-0.05, 0) is 48.2 Å². The summed E-state index contributed by atoms with van der Waals surface area (Å²) in [6, 6.07) is 18.4. The van der Waals surface area contributed by atoms with Crippen molar-refractivity contribution in [1.82, 2.24) is 9.97 Å². The highest BCUT2D eigenvalue weighted by Gasteiger charge is 2.08. The predicted molar refractivity (Wildman–Crippen MR) is 124 cm³/mol. The molecule has 5 nitrogen and oxygen atoms in total. The molecule has 0 aliphatic rings. The highest BCUT2D eigenvalue weighted by atomic mass is 32.1. The van der Waals surface area contributed by atoms with Crippen LogP contribution in [0.5, 0.6) is 5.88 Å². The van der Waals surface area contributed by atoms with E-state index in [1.807, 2.05) is 12.1 Å². The molecular formula is C24H22N4OS. The minimum atomic E-state index is 0.220. The van der Waals surface area contributed by atoms with Gasteiger partial charge in [-0.25, -0.2) is 9.97 Å². The van der Waals surface area contributed by atoms with Crippen LogP contribution in [0.25, 0.3) is 22.4 Å². The van der Waals surface area contributed by atoms with Gasteiger partial charge in [-0.1, -0.05) is 36.4 Å². The largest absolute Gasteiger partial charge is 0.472 e. The molecule has 4 rings (SSSR count). The summed E-state index contributed by atoms with van der Waals surface area (Å²) in [6.45, 7) is 4.45. The summed E-state index contributed by atoms with van der Waals surface area (Å²) >= 11 is 1.60. The Morgan fingerprint density at radius 2 is 1.83 bits per heavy atom. The molecule has 0 bridgehead atoms. The fourth-order valence-electron chi connectivity index (χ4n) is 3.09. The number of hydrogen-bond donors (Lipinski definition) is 2. The summed E-state index contributed by atoms with van der Waals surface area (Å²) in [6.07, 6.45) is 2.93. The summed E-state index contributed by atoms with van der Waals surface area (Å²) in [4.78, 5) is 8.93. The van der Waals surface area contributed by atoms with E-state index in [1.165, 1.54) is 17.3 Å². The lowest BCUT2D eigenvalue weighted by molar-refractivity contribution is 0.365. The molecule has 0 aliphatic carbocycles. The monoisotopic (exact) mass is 414 g/mol. The van der Waals surface area contributed by atoms with Gasteiger partial charge in [0.2, 0.25) is 5.88 Å². The molecule has 0 fully saturated rings. The minimum absolute atomic E-state index is 0.220. The van der Waals surface area contributed by atoms with Gasteiger partial charge >= 0.3 is 0 Å². The first kappa shape index (κ1) is 19.8. The van der Waals surface area contributed by atoms with E-state index in [2.05, 4.69) is 72.0 Å². The van der Waals surface area contributed by atoms with Crippen LogP contribution in [-0.2, 0) is 0 Å². The van der Waals surface area contributed by atoms with E-state index >= 15 is 0 Å². The third-order valence-corrected chi connectivity index (χ3v) is 5.67. The SMILES string of the molecule is Cc1cccc(Nc2nc(-c3ccc(-c4ccnc(OCC=N)c4)cc3)cs2)c1C. The average molecular weight is 415 g/mol. The molecule has 0 atom stereocenters. The number of nitrogens with zero attached hydrogens (tertiary/aromatic N) is 2. The van der Waals surface area contributed by atoms with E-state index in [4.69, 9.17) is 15.1 Å². The van der Waals surface area contributed by atoms with Gasteiger partial charge in [0.1, 0.15) is 6.61 Å². The number of pyridine rings is 1. The van der Waals surface area contributed by atoms with Crippen LogP contribution in [0, 0.1) is 19.3 Å². The van der Waals surface area contributed by atoms with Crippen molar-refractivity contribution in [3.8, 4) is 28.3 Å². The van der Waals surface area contributed by atoms with Crippen LogP contribution in [0.4, 0.5) is 10.8 Å². The van der Waals surface area contributed by atoms with Crippen molar-refractivity contribution in [3.05, 3.63) is 77.3 Å². The number of thiazole rings is 1. The van der Waals surface area contributed by atoms with Gasteiger partial charge in [0.05, 0.1) is 5.69 Å². The molecule has 2 N–H and O–H groups in total. The lowest BCUT2D eigenvalue weighted by Crippen LogP contribution is -1.98. The van der Waals surface area contributed by atoms with Crippen molar-refractivity contribution < 1.29 is 4.74 Å². The van der Waals surface area contributed by atoms with Crippen molar-refractivity contribution in [3.63, 3.8) is 0 Å². The maximum atomic E-state index is 7.07. The molecule has 0 radical (unpaired) electrons. The van der Waals surface area contributed by atoms with E-state index in [0.717, 1.165) is 33.2 Å². The average Bonchev–Trinajstić information content (AvgIpc) is 3.24. The zero-order chi connectivity index (χ0) is 20.9. The summed E-state index contributed by atoms with van der Waals surface area (Å²) in [5, 5.41) is 13.5. The number of anilines is 2. The van der Waals surface area contributed by atoms with Crippen LogP contribution >= 0.6 is 11.3 Å². The Kier molecular flexibility index (Phi) is 5.86. The molecule has 4 aromatic rings. The number of rotatable bonds is 7. The Morgan fingerprint density at radius 1 is 1.03 bits per heavy atom. The van der Waals surface area contributed by atoms with Crippen LogP contribution in [0.2, 0.25) is 0 Å². The molecule has 30 heavy (non-hydrogen) atoms. The summed E-state index contributed by atoms with van der Waals surface area (Å²) in [5.41, 5.74) is 7.69. The quantitative estimate of drug-likeness (QED) is 0.350. The Morgan fingerprint density at radius 3 is 2.63 bits per heavy atom. The maximum absolute atomic E-state index is 7.07. The first-order chi connectivity index (χ1) is 14.6. The second kappa shape index (κ2) is 8.88. The van der Waals surface area contributed by atoms with Crippen LogP contribution < -0.4 is 10.1 Å². The zero-order valence-corrected chi connectivity index (χ0v) is 17.7. The van der Waals surface area contributed by atoms with Crippen LogP contribution in [0.3, 0.4) is 0 Å². The third kappa shape index (κ3) is 4.39. The van der Waals surface area contributed by atoms with Gasteiger partial charge in [0.15, 0.2) is 5.13 Å². The summed E-state index contributed by atoms with van der Waals surface area (Å²) in [7, 11) is 0. The Bertz CT molecular complexity index is 1170. The van der Waals surface area contributed by atoms with Gasteiger partial charge in [0, 0.05) is 35.1 Å². The molecule has 0 aliphatic heterocycles. The van der Waals surface area contributed by atoms with E-state index in [-0.39, 0.29) is 6.61 Å². The molecule has 0 saturated carbocycles. The molecule has 0 amide bonds. The first-order valence-electron chi connectivity index (χ1n) is 9.61. The van der Waals surface area contributed by atoms with E-state index in [9.17, 15) is 0 Å². The zero-order valence-electron chi connectivity index (χ0n) is 16.8. The van der Waals surface area contributed by atoms with Gasteiger partial charge in [-0.2, -0.15) is 0 Å². The predicted octanol–water partition coefficient (Wildman–Crippen LogP) is 6.26. The fraction of sp³-hybridized carbons (Fsp3) is 0.125. The number of aromatic nitrogens is 2. The van der Waals surface area contributed by atoms with Gasteiger partial charge in [-0.3, -0.25) is 0 Å². The second-order valence-corrected chi connectivity index (χ2v) is 7.74. The topological polar surface area (TPSA) is 70.9 Å². The van der Waals surface area contributed by atoms with Crippen LogP contribution in [0.15, 0.2) is 66.2 Å². The van der Waals surface area contributed by atoms with Crippen molar-refractivity contribution in [1.29, 1.82) is 5.41 Å². The molecule has 2 aromatic heterocycles. The highest BCUT2D eigenvalue weighted by molar-refractivity contribution is 7.14. The molecule has 6 heteroatoms. The van der Waals surface area contributed by atoms with Gasteiger partial charge < -0.3 is 15.5 Å². The van der Waals surface area contributed by atoms with Gasteiger partial charge in [0.25, 0.3) is 0 Å². The normalized spacial score (nSPS) is 10.6. The Balaban J connectivity index is 1.51. The van der Waals surface area contributed by atoms with Crippen molar-refractivity contribution in [2.45, 2.75) is 13.8 Å². The van der Waals surface area contributed by atoms with Crippen molar-refractivity contribution in [2.24, 2.45) is 0 Å². The first-order valence-corrected chi connectivity index (χ1v) is 10.5. The van der Waals surface area contributed by atoms with E-state index < -0.39 is 0 Å². The molecule has 0 saturated heterocycles. The van der Waals surface area contributed by atoms with Crippen LogP contribution in [0.1, 0.15) is 11.1 Å². The highest BCUT2D eigenvalue weighted by Crippen LogP contribution is 2.30. The third-order valence-electron chi connectivity index (χ3n) is 4.91. The second-order valence-electron chi connectivity index (χ2n) is 6.89. The minimum Gasteiger partial charge on any atom is -0.472 e.